The maximum Gasteiger partial charge on any atom is 0.359 e. The zero-order chi connectivity index (χ0) is 7.49. The van der Waals surface area contributed by atoms with Gasteiger partial charge in [-0.3, -0.25) is 0 Å². The second-order valence-electron chi connectivity index (χ2n) is 2.67. The van der Waals surface area contributed by atoms with Gasteiger partial charge in [0.15, 0.2) is 6.54 Å². The first-order valence-electron chi connectivity index (χ1n) is 2.70. The van der Waals surface area contributed by atoms with Gasteiger partial charge in [-0.05, 0) is 0 Å². The van der Waals surface area contributed by atoms with Crippen molar-refractivity contribution in [2.75, 3.05) is 27.7 Å². The third-order valence-electron chi connectivity index (χ3n) is 0.785. The molecule has 0 atom stereocenters. The van der Waals surface area contributed by atoms with Crippen LogP contribution in [0.25, 0.3) is 0 Å². The van der Waals surface area contributed by atoms with Crippen LogP contribution in [0.2, 0.25) is 0 Å². The van der Waals surface area contributed by atoms with Gasteiger partial charge in [-0.2, -0.15) is 0 Å². The summed E-state index contributed by atoms with van der Waals surface area (Å²) in [4.78, 5) is 10.5. The van der Waals surface area contributed by atoms with Crippen LogP contribution in [0.15, 0.2) is 0 Å². The molecule has 0 aromatic rings. The maximum atomic E-state index is 10.5. The van der Waals surface area contributed by atoms with Crippen molar-refractivity contribution in [2.45, 2.75) is 0 Å². The highest BCUT2D eigenvalue weighted by Crippen LogP contribution is 1.91. The zero-order valence-electron chi connectivity index (χ0n) is 6.18. The van der Waals surface area contributed by atoms with Crippen molar-refractivity contribution in [1.82, 2.24) is 0 Å². The molecule has 0 saturated heterocycles. The molecule has 0 amide bonds. The molecule has 0 heterocycles. The van der Waals surface area contributed by atoms with Crippen LogP contribution < -0.4 is 0 Å². The maximum absolute atomic E-state index is 10.5. The molecular formula is C6H13NO2. The molecule has 0 aliphatic rings. The van der Waals surface area contributed by atoms with E-state index >= 15 is 0 Å². The third-order valence-corrected chi connectivity index (χ3v) is 0.785. The summed E-state index contributed by atoms with van der Waals surface area (Å²) in [6, 6.07) is 0. The minimum atomic E-state index is -0.227. The molecule has 54 valence electrons. The molecule has 0 aliphatic carbocycles. The number of hydrogen-bond acceptors (Lipinski definition) is 2. The number of quaternary nitrogens is 1. The van der Waals surface area contributed by atoms with Crippen LogP contribution in [-0.4, -0.2) is 38.2 Å². The van der Waals surface area contributed by atoms with E-state index in [0.717, 1.165) is 0 Å². The number of hydrogen-bond donors (Lipinski definition) is 0. The fraction of sp³-hybridized carbons (Fsp3) is 0.667. The molecule has 0 rings (SSSR count). The number of nitrogens with zero attached hydrogens (tertiary/aromatic N) is 1. The van der Waals surface area contributed by atoms with Crippen LogP contribution in [0.5, 0.6) is 0 Å². The Labute approximate surface area is 55.8 Å². The van der Waals surface area contributed by atoms with Gasteiger partial charge in [-0.15, -0.1) is 7.05 Å². The predicted octanol–water partition coefficient (Wildman–Crippen LogP) is 0.0274. The van der Waals surface area contributed by atoms with Crippen LogP contribution in [0.3, 0.4) is 0 Å². The Morgan fingerprint density at radius 2 is 2.11 bits per heavy atom. The predicted molar refractivity (Wildman–Crippen MR) is 34.3 cm³/mol. The van der Waals surface area contributed by atoms with Gasteiger partial charge in [0.2, 0.25) is 0 Å². The average Bonchev–Trinajstić information content (AvgIpc) is 1.62. The minimum absolute atomic E-state index is 0.227. The molecule has 0 radical (unpaired) electrons. The Balaban J connectivity index is 3.60. The summed E-state index contributed by atoms with van der Waals surface area (Å²) in [5.41, 5.74) is 0. The van der Waals surface area contributed by atoms with Crippen molar-refractivity contribution in [2.24, 2.45) is 0 Å². The Morgan fingerprint density at radius 3 is 2.22 bits per heavy atom. The summed E-state index contributed by atoms with van der Waals surface area (Å²) in [7, 11) is 8.73. The number of rotatable bonds is 2. The van der Waals surface area contributed by atoms with Crippen LogP contribution in [0, 0.1) is 7.05 Å². The normalized spacial score (nSPS) is 11.1. The van der Waals surface area contributed by atoms with E-state index in [-0.39, 0.29) is 5.97 Å². The molecular weight excluding hydrogens is 118 g/mol. The van der Waals surface area contributed by atoms with Crippen molar-refractivity contribution in [3.63, 3.8) is 0 Å². The Bertz CT molecular complexity index is 104. The second kappa shape index (κ2) is 2.82. The van der Waals surface area contributed by atoms with Gasteiger partial charge < -0.3 is 9.22 Å². The van der Waals surface area contributed by atoms with E-state index in [1.165, 1.54) is 7.11 Å². The summed E-state index contributed by atoms with van der Waals surface area (Å²) in [5, 5.41) is 0. The van der Waals surface area contributed by atoms with Crippen molar-refractivity contribution >= 4 is 5.97 Å². The highest BCUT2D eigenvalue weighted by atomic mass is 16.5. The second-order valence-corrected chi connectivity index (χ2v) is 2.67. The molecule has 3 nitrogen and oxygen atoms in total. The molecule has 3 heteroatoms. The van der Waals surface area contributed by atoms with Crippen LogP contribution >= 0.6 is 0 Å². The van der Waals surface area contributed by atoms with Crippen molar-refractivity contribution in [3.05, 3.63) is 7.05 Å². The van der Waals surface area contributed by atoms with Gasteiger partial charge in [0.05, 0.1) is 7.11 Å². The lowest BCUT2D eigenvalue weighted by Crippen LogP contribution is -2.37. The largest absolute Gasteiger partial charge is 0.465 e. The SMILES string of the molecule is [CH2-][N+](C)(C)CC(=O)OC. The monoisotopic (exact) mass is 131 g/mol. The molecule has 9 heavy (non-hydrogen) atoms. The lowest BCUT2D eigenvalue weighted by molar-refractivity contribution is -0.837. The van der Waals surface area contributed by atoms with Crippen LogP contribution in [0.1, 0.15) is 0 Å². The highest BCUT2D eigenvalue weighted by Gasteiger charge is 2.07. The molecule has 0 aromatic heterocycles. The number of likely N-dealkylation sites (N-methyl/N-ethyl adjacent to an activating group) is 1. The lowest BCUT2D eigenvalue weighted by atomic mass is 10.5. The Hall–Kier alpha value is -0.570. The Morgan fingerprint density at radius 1 is 1.67 bits per heavy atom. The first kappa shape index (κ1) is 8.43. The molecule has 0 unspecified atom stereocenters. The zero-order valence-corrected chi connectivity index (χ0v) is 6.18. The van der Waals surface area contributed by atoms with Crippen molar-refractivity contribution in [3.8, 4) is 0 Å². The van der Waals surface area contributed by atoms with Gasteiger partial charge in [0, 0.05) is 14.1 Å². The molecule has 0 spiro atoms. The lowest BCUT2D eigenvalue weighted by Gasteiger charge is -2.30. The fourth-order valence-electron chi connectivity index (χ4n) is 0.414. The average molecular weight is 131 g/mol. The van der Waals surface area contributed by atoms with Gasteiger partial charge >= 0.3 is 5.97 Å². The summed E-state index contributed by atoms with van der Waals surface area (Å²) in [6.07, 6.45) is 0. The fourth-order valence-corrected chi connectivity index (χ4v) is 0.414. The van der Waals surface area contributed by atoms with E-state index in [0.29, 0.717) is 11.0 Å². The molecule has 0 fully saturated rings. The highest BCUT2D eigenvalue weighted by molar-refractivity contribution is 5.70. The van der Waals surface area contributed by atoms with E-state index in [4.69, 9.17) is 0 Å². The van der Waals surface area contributed by atoms with E-state index in [9.17, 15) is 4.79 Å². The number of esters is 1. The van der Waals surface area contributed by atoms with Gasteiger partial charge in [-0.1, -0.05) is 0 Å². The Kier molecular flexibility index (Phi) is 2.65. The van der Waals surface area contributed by atoms with Gasteiger partial charge in [0.1, 0.15) is 0 Å². The quantitative estimate of drug-likeness (QED) is 0.300. The standard InChI is InChI=1S/C6H13NO2/c1-7(2,3)5-6(8)9-4/h1,5H2,2-4H3. The number of methoxy groups -OCH3 is 1. The van der Waals surface area contributed by atoms with Gasteiger partial charge in [0.25, 0.3) is 0 Å². The molecule has 0 saturated carbocycles. The first-order chi connectivity index (χ1) is 3.95. The number of carbonyl (C=O) groups excluding carboxylic acids is 1. The molecule has 0 bridgehead atoms. The number of ether oxygens (including phenoxy) is 1. The minimum Gasteiger partial charge on any atom is -0.465 e. The molecule has 0 aromatic carbocycles. The summed E-state index contributed by atoms with van der Waals surface area (Å²) in [5.74, 6) is -0.227. The van der Waals surface area contributed by atoms with E-state index < -0.39 is 0 Å². The van der Waals surface area contributed by atoms with Crippen molar-refractivity contribution < 1.29 is 14.0 Å². The topological polar surface area (TPSA) is 26.3 Å². The van der Waals surface area contributed by atoms with E-state index in [2.05, 4.69) is 11.8 Å². The number of carbonyl (C=O) groups is 1. The molecule has 0 N–H and O–H groups in total. The van der Waals surface area contributed by atoms with Crippen molar-refractivity contribution in [1.29, 1.82) is 0 Å². The van der Waals surface area contributed by atoms with Crippen LogP contribution in [-0.2, 0) is 9.53 Å². The summed E-state index contributed by atoms with van der Waals surface area (Å²) < 4.78 is 4.80. The van der Waals surface area contributed by atoms with E-state index in [1.54, 1.807) is 0 Å². The summed E-state index contributed by atoms with van der Waals surface area (Å²) in [6.45, 7) is 0.316. The van der Waals surface area contributed by atoms with E-state index in [1.807, 2.05) is 14.1 Å². The summed E-state index contributed by atoms with van der Waals surface area (Å²) >= 11 is 0. The third kappa shape index (κ3) is 5.30. The van der Waals surface area contributed by atoms with Crippen LogP contribution in [0.4, 0.5) is 0 Å². The van der Waals surface area contributed by atoms with Gasteiger partial charge in [-0.25, -0.2) is 4.79 Å². The molecule has 0 aliphatic heterocycles. The smallest absolute Gasteiger partial charge is 0.359 e. The first-order valence-corrected chi connectivity index (χ1v) is 2.70.